The van der Waals surface area contributed by atoms with Crippen LogP contribution in [0.5, 0.6) is 0 Å². The minimum atomic E-state index is -0.842. The Hall–Kier alpha value is -1.72. The molecule has 0 aliphatic rings. The van der Waals surface area contributed by atoms with Crippen molar-refractivity contribution in [3.63, 3.8) is 0 Å². The van der Waals surface area contributed by atoms with E-state index in [0.717, 1.165) is 0 Å². The van der Waals surface area contributed by atoms with Crippen molar-refractivity contribution in [2.24, 2.45) is 0 Å². The van der Waals surface area contributed by atoms with Crippen LogP contribution >= 0.6 is 0 Å². The fourth-order valence-corrected chi connectivity index (χ4v) is 2.05. The third-order valence-corrected chi connectivity index (χ3v) is 2.98. The van der Waals surface area contributed by atoms with E-state index in [-0.39, 0.29) is 18.2 Å². The van der Waals surface area contributed by atoms with Crippen molar-refractivity contribution < 1.29 is 14.7 Å². The summed E-state index contributed by atoms with van der Waals surface area (Å²) < 4.78 is 0. The average molecular weight is 292 g/mol. The van der Waals surface area contributed by atoms with E-state index in [0.29, 0.717) is 24.3 Å². The van der Waals surface area contributed by atoms with Crippen molar-refractivity contribution in [3.05, 3.63) is 29.8 Å². The Morgan fingerprint density at radius 2 is 2.00 bits per heavy atom. The van der Waals surface area contributed by atoms with Crippen LogP contribution in [0.1, 0.15) is 38.1 Å². The minimum absolute atomic E-state index is 0.0386. The summed E-state index contributed by atoms with van der Waals surface area (Å²) in [6.07, 6.45) is 0. The summed E-state index contributed by atoms with van der Waals surface area (Å²) in [4.78, 5) is 25.2. The molecule has 0 aliphatic carbocycles. The van der Waals surface area contributed by atoms with Crippen molar-refractivity contribution in [2.75, 3.05) is 25.0 Å². The Labute approximate surface area is 126 Å². The highest BCUT2D eigenvalue weighted by Crippen LogP contribution is 2.11. The molecule has 0 unspecified atom stereocenters. The summed E-state index contributed by atoms with van der Waals surface area (Å²) in [7, 11) is 0. The number of carbonyl (C=O) groups is 2. The molecule has 5 nitrogen and oxygen atoms in total. The van der Waals surface area contributed by atoms with Gasteiger partial charge in [-0.15, -0.1) is 0 Å². The molecular formula is C16H24N2O3. The van der Waals surface area contributed by atoms with E-state index < -0.39 is 5.60 Å². The molecule has 0 aliphatic heterocycles. The number of ketones is 1. The maximum absolute atomic E-state index is 12.0. The number of benzene rings is 1. The van der Waals surface area contributed by atoms with Gasteiger partial charge in [-0.2, -0.15) is 0 Å². The number of anilines is 1. The van der Waals surface area contributed by atoms with Crippen LogP contribution in [0.2, 0.25) is 0 Å². The van der Waals surface area contributed by atoms with E-state index in [1.54, 1.807) is 38.1 Å². The SMILES string of the molecule is CCN(CC(=O)Nc1cccc(C(C)=O)c1)CC(C)(C)O. The molecule has 1 amide bonds. The van der Waals surface area contributed by atoms with Gasteiger partial charge in [0.15, 0.2) is 5.78 Å². The molecule has 0 heterocycles. The van der Waals surface area contributed by atoms with Gasteiger partial charge in [0.05, 0.1) is 12.1 Å². The lowest BCUT2D eigenvalue weighted by Gasteiger charge is -2.27. The fourth-order valence-electron chi connectivity index (χ4n) is 2.05. The average Bonchev–Trinajstić information content (AvgIpc) is 2.36. The number of nitrogens with zero attached hydrogens (tertiary/aromatic N) is 1. The summed E-state index contributed by atoms with van der Waals surface area (Å²) in [5.74, 6) is -0.204. The zero-order valence-electron chi connectivity index (χ0n) is 13.1. The van der Waals surface area contributed by atoms with Gasteiger partial charge >= 0.3 is 0 Å². The highest BCUT2D eigenvalue weighted by molar-refractivity contribution is 5.97. The number of rotatable bonds is 7. The monoisotopic (exact) mass is 292 g/mol. The lowest BCUT2D eigenvalue weighted by Crippen LogP contribution is -2.42. The van der Waals surface area contributed by atoms with Crippen LogP contribution in [0.3, 0.4) is 0 Å². The smallest absolute Gasteiger partial charge is 0.238 e. The van der Waals surface area contributed by atoms with Gasteiger partial charge in [-0.25, -0.2) is 0 Å². The Balaban J connectivity index is 2.64. The van der Waals surface area contributed by atoms with Gasteiger partial charge in [-0.05, 0) is 39.4 Å². The summed E-state index contributed by atoms with van der Waals surface area (Å²) in [5.41, 5.74) is 0.328. The molecule has 1 aromatic carbocycles. The Morgan fingerprint density at radius 3 is 2.52 bits per heavy atom. The first-order valence-electron chi connectivity index (χ1n) is 7.07. The summed E-state index contributed by atoms with van der Waals surface area (Å²) in [5, 5.41) is 12.6. The third kappa shape index (κ3) is 6.51. The molecule has 0 bridgehead atoms. The molecule has 0 radical (unpaired) electrons. The zero-order chi connectivity index (χ0) is 16.0. The van der Waals surface area contributed by atoms with Crippen LogP contribution < -0.4 is 5.32 Å². The van der Waals surface area contributed by atoms with Crippen molar-refractivity contribution >= 4 is 17.4 Å². The molecular weight excluding hydrogens is 268 g/mol. The third-order valence-electron chi connectivity index (χ3n) is 2.98. The van der Waals surface area contributed by atoms with Gasteiger partial charge in [0, 0.05) is 17.8 Å². The molecule has 1 rings (SSSR count). The van der Waals surface area contributed by atoms with Crippen molar-refractivity contribution in [2.45, 2.75) is 33.3 Å². The second-order valence-electron chi connectivity index (χ2n) is 5.80. The summed E-state index contributed by atoms with van der Waals surface area (Å²) in [6.45, 7) is 8.15. The quantitative estimate of drug-likeness (QED) is 0.753. The summed E-state index contributed by atoms with van der Waals surface area (Å²) in [6, 6.07) is 6.86. The molecule has 116 valence electrons. The molecule has 2 N–H and O–H groups in total. The Bertz CT molecular complexity index is 506. The minimum Gasteiger partial charge on any atom is -0.389 e. The van der Waals surface area contributed by atoms with Crippen LogP contribution in [-0.4, -0.2) is 46.9 Å². The van der Waals surface area contributed by atoms with Crippen LogP contribution in [0.4, 0.5) is 5.69 Å². The zero-order valence-corrected chi connectivity index (χ0v) is 13.1. The Kier molecular flexibility index (Phi) is 6.05. The second-order valence-corrected chi connectivity index (χ2v) is 5.80. The first-order chi connectivity index (χ1) is 9.71. The molecule has 5 heteroatoms. The topological polar surface area (TPSA) is 69.6 Å². The molecule has 0 spiro atoms. The van der Waals surface area contributed by atoms with Gasteiger partial charge in [0.1, 0.15) is 0 Å². The predicted octanol–water partition coefficient (Wildman–Crippen LogP) is 1.92. The van der Waals surface area contributed by atoms with E-state index in [9.17, 15) is 14.7 Å². The molecule has 0 fully saturated rings. The van der Waals surface area contributed by atoms with E-state index in [1.807, 2.05) is 11.8 Å². The van der Waals surface area contributed by atoms with Crippen molar-refractivity contribution in [1.82, 2.24) is 4.90 Å². The van der Waals surface area contributed by atoms with Crippen LogP contribution in [0, 0.1) is 0 Å². The number of likely N-dealkylation sites (N-methyl/N-ethyl adjacent to an activating group) is 1. The van der Waals surface area contributed by atoms with E-state index >= 15 is 0 Å². The molecule has 0 aromatic heterocycles. The molecule has 1 aromatic rings. The fraction of sp³-hybridized carbons (Fsp3) is 0.500. The summed E-state index contributed by atoms with van der Waals surface area (Å²) >= 11 is 0. The first-order valence-corrected chi connectivity index (χ1v) is 7.07. The van der Waals surface area contributed by atoms with Crippen molar-refractivity contribution in [3.8, 4) is 0 Å². The number of hydrogen-bond donors (Lipinski definition) is 2. The van der Waals surface area contributed by atoms with Gasteiger partial charge in [0.2, 0.25) is 5.91 Å². The van der Waals surface area contributed by atoms with Gasteiger partial charge in [-0.3, -0.25) is 14.5 Å². The molecule has 0 saturated carbocycles. The predicted molar refractivity (Wildman–Crippen MR) is 83.5 cm³/mol. The first kappa shape index (κ1) is 17.3. The number of amides is 1. The van der Waals surface area contributed by atoms with Crippen molar-refractivity contribution in [1.29, 1.82) is 0 Å². The van der Waals surface area contributed by atoms with E-state index in [1.165, 1.54) is 6.92 Å². The highest BCUT2D eigenvalue weighted by Gasteiger charge is 2.19. The largest absolute Gasteiger partial charge is 0.389 e. The van der Waals surface area contributed by atoms with E-state index in [4.69, 9.17) is 0 Å². The van der Waals surface area contributed by atoms with Gasteiger partial charge < -0.3 is 10.4 Å². The number of aliphatic hydroxyl groups is 1. The standard InChI is InChI=1S/C16H24N2O3/c1-5-18(11-16(3,4)21)10-15(20)17-14-8-6-7-13(9-14)12(2)19/h6-9,21H,5,10-11H2,1-4H3,(H,17,20). The number of carbonyl (C=O) groups excluding carboxylic acids is 2. The van der Waals surface area contributed by atoms with Gasteiger partial charge in [0.25, 0.3) is 0 Å². The van der Waals surface area contributed by atoms with Crippen LogP contribution in [0.15, 0.2) is 24.3 Å². The second kappa shape index (κ2) is 7.33. The molecule has 0 saturated heterocycles. The van der Waals surface area contributed by atoms with E-state index in [2.05, 4.69) is 5.32 Å². The van der Waals surface area contributed by atoms with Crippen LogP contribution in [-0.2, 0) is 4.79 Å². The molecule has 0 atom stereocenters. The maximum Gasteiger partial charge on any atom is 0.238 e. The Morgan fingerprint density at radius 1 is 1.33 bits per heavy atom. The lowest BCUT2D eigenvalue weighted by atomic mass is 10.1. The molecule has 21 heavy (non-hydrogen) atoms. The number of hydrogen-bond acceptors (Lipinski definition) is 4. The number of nitrogens with one attached hydrogen (secondary N) is 1. The maximum atomic E-state index is 12.0. The van der Waals surface area contributed by atoms with Gasteiger partial charge in [-0.1, -0.05) is 19.1 Å². The normalized spacial score (nSPS) is 11.5. The van der Waals surface area contributed by atoms with Crippen LogP contribution in [0.25, 0.3) is 0 Å². The number of Topliss-reactive ketones (excluding diaryl/α,β-unsaturated/α-hetero) is 1. The lowest BCUT2D eigenvalue weighted by molar-refractivity contribution is -0.117. The highest BCUT2D eigenvalue weighted by atomic mass is 16.3.